The molecule has 6 N–H and O–H groups in total. The third kappa shape index (κ3) is 2.65. The molecule has 9 heteroatoms. The Morgan fingerprint density at radius 3 is 3.00 bits per heavy atom. The minimum absolute atomic E-state index is 0.0196. The van der Waals surface area contributed by atoms with Gasteiger partial charge in [-0.15, -0.1) is 0 Å². The molecule has 3 unspecified atom stereocenters. The lowest BCUT2D eigenvalue weighted by Gasteiger charge is -2.39. The molecule has 2 saturated heterocycles. The summed E-state index contributed by atoms with van der Waals surface area (Å²) < 4.78 is 5.88. The molecule has 0 aliphatic carbocycles. The smallest absolute Gasteiger partial charge is 0.124 e. The Hall–Kier alpha value is -0.840. The summed E-state index contributed by atoms with van der Waals surface area (Å²) >= 11 is 1.56. The second kappa shape index (κ2) is 5.88. The van der Waals surface area contributed by atoms with E-state index in [0.717, 1.165) is 5.82 Å². The molecule has 0 spiro atoms. The number of thioether (sulfide) groups is 1. The first kappa shape index (κ1) is 14.1. The lowest BCUT2D eigenvalue weighted by atomic mass is 9.98. The summed E-state index contributed by atoms with van der Waals surface area (Å²) in [4.78, 5) is 0. The highest BCUT2D eigenvalue weighted by molar-refractivity contribution is 8.00. The summed E-state index contributed by atoms with van der Waals surface area (Å²) in [5.41, 5.74) is -0.161. The van der Waals surface area contributed by atoms with E-state index < -0.39 is 18.3 Å². The average molecular weight is 301 g/mol. The Morgan fingerprint density at radius 2 is 2.30 bits per heavy atom. The number of rotatable bonds is 4. The van der Waals surface area contributed by atoms with E-state index in [0.29, 0.717) is 6.54 Å². The highest BCUT2D eigenvalue weighted by Crippen LogP contribution is 2.35. The molecular formula is C11H19N5O3S. The fourth-order valence-electron chi connectivity index (χ4n) is 2.46. The molecule has 0 amide bonds. The molecule has 3 rings (SSSR count). The van der Waals surface area contributed by atoms with Crippen LogP contribution in [-0.4, -0.2) is 69.3 Å². The number of hydrogen-bond donors (Lipinski definition) is 6. The van der Waals surface area contributed by atoms with Crippen molar-refractivity contribution in [3.63, 3.8) is 0 Å². The van der Waals surface area contributed by atoms with E-state index in [1.54, 1.807) is 24.0 Å². The molecule has 1 aromatic rings. The molecule has 1 aromatic heterocycles. The van der Waals surface area contributed by atoms with E-state index in [2.05, 4.69) is 26.1 Å². The maximum absolute atomic E-state index is 10.2. The molecule has 0 radical (unpaired) electrons. The van der Waals surface area contributed by atoms with Crippen molar-refractivity contribution >= 4 is 17.6 Å². The Labute approximate surface area is 120 Å². The highest BCUT2D eigenvalue weighted by atomic mass is 32.2. The van der Waals surface area contributed by atoms with Crippen molar-refractivity contribution in [1.82, 2.24) is 20.8 Å². The quantitative estimate of drug-likeness (QED) is 0.397. The van der Waals surface area contributed by atoms with Crippen molar-refractivity contribution in [2.45, 2.75) is 35.3 Å². The molecule has 0 bridgehead atoms. The van der Waals surface area contributed by atoms with Crippen molar-refractivity contribution < 1.29 is 14.9 Å². The molecule has 0 saturated carbocycles. The fraction of sp³-hybridized carbons (Fsp3) is 0.727. The van der Waals surface area contributed by atoms with E-state index in [1.165, 1.54) is 0 Å². The monoisotopic (exact) mass is 301 g/mol. The van der Waals surface area contributed by atoms with Crippen molar-refractivity contribution in [3.8, 4) is 0 Å². The van der Waals surface area contributed by atoms with Gasteiger partial charge in [-0.1, -0.05) is 11.8 Å². The Morgan fingerprint density at radius 1 is 1.45 bits per heavy atom. The van der Waals surface area contributed by atoms with Gasteiger partial charge in [-0.3, -0.25) is 15.7 Å². The zero-order valence-electron chi connectivity index (χ0n) is 11.0. The Balaban J connectivity index is 1.61. The Kier molecular flexibility index (Phi) is 4.15. The molecule has 2 aliphatic heterocycles. The third-order valence-corrected chi connectivity index (χ3v) is 4.89. The molecule has 2 fully saturated rings. The number of ether oxygens (including phenoxy) is 1. The van der Waals surface area contributed by atoms with E-state index >= 15 is 0 Å². The van der Waals surface area contributed by atoms with Crippen molar-refractivity contribution in [1.29, 1.82) is 0 Å². The van der Waals surface area contributed by atoms with Gasteiger partial charge in [0, 0.05) is 6.54 Å². The first-order chi connectivity index (χ1) is 9.69. The predicted molar refractivity (Wildman–Crippen MR) is 75.1 cm³/mol. The summed E-state index contributed by atoms with van der Waals surface area (Å²) in [6, 6.07) is 1.52. The number of H-pyrrole nitrogens is 1. The van der Waals surface area contributed by atoms with Gasteiger partial charge in [-0.05, 0) is 13.1 Å². The number of fused-ring (bicyclic) bond motifs is 1. The minimum atomic E-state index is -0.935. The van der Waals surface area contributed by atoms with Crippen LogP contribution in [0.1, 0.15) is 0 Å². The van der Waals surface area contributed by atoms with Gasteiger partial charge >= 0.3 is 0 Å². The molecule has 6 atom stereocenters. The average Bonchev–Trinajstić information content (AvgIpc) is 3.10. The zero-order chi connectivity index (χ0) is 14.1. The van der Waals surface area contributed by atoms with Gasteiger partial charge in [-0.2, -0.15) is 5.10 Å². The van der Waals surface area contributed by atoms with Crippen LogP contribution in [0.2, 0.25) is 0 Å². The Bertz CT molecular complexity index is 434. The normalized spacial score (nSPS) is 40.5. The third-order valence-electron chi connectivity index (χ3n) is 3.57. The van der Waals surface area contributed by atoms with Crippen LogP contribution in [0.5, 0.6) is 0 Å². The summed E-state index contributed by atoms with van der Waals surface area (Å²) in [6.45, 7) is 0.397. The maximum atomic E-state index is 10.2. The number of hydrogen-bond acceptors (Lipinski definition) is 8. The van der Waals surface area contributed by atoms with Crippen LogP contribution in [-0.2, 0) is 4.74 Å². The van der Waals surface area contributed by atoms with Gasteiger partial charge in [0.05, 0.1) is 12.2 Å². The molecule has 112 valence electrons. The number of aliphatic hydroxyl groups excluding tert-OH is 2. The van der Waals surface area contributed by atoms with E-state index in [4.69, 9.17) is 4.74 Å². The lowest BCUT2D eigenvalue weighted by molar-refractivity contribution is -0.152. The van der Waals surface area contributed by atoms with Crippen LogP contribution in [0.3, 0.4) is 0 Å². The largest absolute Gasteiger partial charge is 0.389 e. The van der Waals surface area contributed by atoms with Gasteiger partial charge in [0.2, 0.25) is 0 Å². The predicted octanol–water partition coefficient (Wildman–Crippen LogP) is -1.52. The number of aromatic amines is 1. The number of nitrogens with one attached hydrogen (secondary N) is 4. The summed E-state index contributed by atoms with van der Waals surface area (Å²) in [5, 5.41) is 36.3. The molecule has 8 nitrogen and oxygen atoms in total. The molecule has 0 aromatic carbocycles. The van der Waals surface area contributed by atoms with Gasteiger partial charge < -0.3 is 20.3 Å². The maximum Gasteiger partial charge on any atom is 0.124 e. The van der Waals surface area contributed by atoms with Crippen LogP contribution < -0.4 is 16.0 Å². The molecular weight excluding hydrogens is 282 g/mol. The first-order valence-corrected chi connectivity index (χ1v) is 7.47. The van der Waals surface area contributed by atoms with Gasteiger partial charge in [0.15, 0.2) is 0 Å². The standard InChI is InChI=1S/C11H19N5O3S/c1-12-11-15-7-9(18)8(17)5(19-10(7)20-11)4-13-6-2-3-14-16-6/h2-3,5,7-12,15,17-18H,4H2,1H3,(H2,13,14,16)/t5?,7-,8-,9?,10-,11?/m1/s1. The van der Waals surface area contributed by atoms with Crippen molar-refractivity contribution in [2.24, 2.45) is 0 Å². The number of aromatic nitrogens is 2. The summed E-state index contributed by atoms with van der Waals surface area (Å²) in [5.74, 6) is 0.753. The number of nitrogens with zero attached hydrogens (tertiary/aromatic N) is 1. The summed E-state index contributed by atoms with van der Waals surface area (Å²) in [6.07, 6.45) is -0.623. The molecule has 2 aliphatic rings. The van der Waals surface area contributed by atoms with E-state index in [-0.39, 0.29) is 17.0 Å². The van der Waals surface area contributed by atoms with Gasteiger partial charge in [0.1, 0.15) is 35.1 Å². The van der Waals surface area contributed by atoms with E-state index in [1.807, 2.05) is 7.05 Å². The molecule has 20 heavy (non-hydrogen) atoms. The first-order valence-electron chi connectivity index (χ1n) is 6.52. The van der Waals surface area contributed by atoms with Crippen molar-refractivity contribution in [2.75, 3.05) is 18.9 Å². The van der Waals surface area contributed by atoms with E-state index in [9.17, 15) is 10.2 Å². The van der Waals surface area contributed by atoms with Gasteiger partial charge in [-0.25, -0.2) is 0 Å². The van der Waals surface area contributed by atoms with Crippen LogP contribution >= 0.6 is 11.8 Å². The van der Waals surface area contributed by atoms with Crippen molar-refractivity contribution in [3.05, 3.63) is 12.3 Å². The second-order valence-electron chi connectivity index (χ2n) is 4.87. The highest BCUT2D eigenvalue weighted by Gasteiger charge is 2.49. The zero-order valence-corrected chi connectivity index (χ0v) is 11.8. The van der Waals surface area contributed by atoms with Gasteiger partial charge in [0.25, 0.3) is 0 Å². The topological polar surface area (TPSA) is 114 Å². The second-order valence-corrected chi connectivity index (χ2v) is 6.08. The van der Waals surface area contributed by atoms with Crippen LogP contribution in [0.4, 0.5) is 5.82 Å². The lowest BCUT2D eigenvalue weighted by Crippen LogP contribution is -2.60. The van der Waals surface area contributed by atoms with Crippen LogP contribution in [0.25, 0.3) is 0 Å². The number of anilines is 1. The molecule has 3 heterocycles. The minimum Gasteiger partial charge on any atom is -0.389 e. The fourth-order valence-corrected chi connectivity index (χ4v) is 3.71. The number of aliphatic hydroxyl groups is 2. The SMILES string of the molecule is CNC1N[C@@H]2C(O)[C@H](O)C(CNc3ccn[nH]3)O[C@@H]2S1. The summed E-state index contributed by atoms with van der Waals surface area (Å²) in [7, 11) is 1.84. The van der Waals surface area contributed by atoms with Crippen LogP contribution in [0, 0.1) is 0 Å². The van der Waals surface area contributed by atoms with Crippen LogP contribution in [0.15, 0.2) is 12.3 Å².